The van der Waals surface area contributed by atoms with Crippen LogP contribution in [0.4, 0.5) is 5.82 Å². The molecule has 120 valence electrons. The van der Waals surface area contributed by atoms with Crippen LogP contribution in [0.3, 0.4) is 0 Å². The van der Waals surface area contributed by atoms with E-state index >= 15 is 0 Å². The van der Waals surface area contributed by atoms with Gasteiger partial charge in [0, 0.05) is 29.4 Å². The van der Waals surface area contributed by atoms with E-state index in [0.717, 1.165) is 27.4 Å². The highest BCUT2D eigenvalue weighted by Gasteiger charge is 2.11. The predicted octanol–water partition coefficient (Wildman–Crippen LogP) is 2.59. The number of thiophene rings is 1. The van der Waals surface area contributed by atoms with Gasteiger partial charge >= 0.3 is 5.69 Å². The summed E-state index contributed by atoms with van der Waals surface area (Å²) < 4.78 is 1.67. The first-order valence-electron chi connectivity index (χ1n) is 7.47. The quantitative estimate of drug-likeness (QED) is 0.796. The van der Waals surface area contributed by atoms with Crippen LogP contribution in [0.1, 0.15) is 21.8 Å². The van der Waals surface area contributed by atoms with Crippen molar-refractivity contribution in [2.75, 3.05) is 11.9 Å². The number of anilines is 1. The summed E-state index contributed by atoms with van der Waals surface area (Å²) in [5, 5.41) is 4.40. The van der Waals surface area contributed by atoms with Crippen molar-refractivity contribution < 1.29 is 0 Å². The Balaban J connectivity index is 1.81. The molecule has 0 unspecified atom stereocenters. The lowest BCUT2D eigenvalue weighted by Crippen LogP contribution is -2.28. The van der Waals surface area contributed by atoms with Gasteiger partial charge in [0.1, 0.15) is 17.0 Å². The minimum Gasteiger partial charge on any atom is -0.368 e. The number of aromatic nitrogens is 4. The summed E-state index contributed by atoms with van der Waals surface area (Å²) in [5.41, 5.74) is 2.66. The smallest absolute Gasteiger partial charge is 0.348 e. The van der Waals surface area contributed by atoms with Gasteiger partial charge in [0.25, 0.3) is 0 Å². The summed E-state index contributed by atoms with van der Waals surface area (Å²) in [6.07, 6.45) is 1.57. The molecular weight excluding hydrogens is 310 g/mol. The standard InChI is InChI=1S/C16H19N5OS/c1-9-7-10(2)21(16(22)20-9)6-5-17-14-13-11(3)12(4)23-15(13)19-8-18-14/h7-8H,5-6H2,1-4H3,(H,17,18,19). The van der Waals surface area contributed by atoms with Gasteiger partial charge in [-0.15, -0.1) is 11.3 Å². The topological polar surface area (TPSA) is 72.7 Å². The molecule has 0 fully saturated rings. The Morgan fingerprint density at radius 3 is 2.74 bits per heavy atom. The average molecular weight is 329 g/mol. The van der Waals surface area contributed by atoms with E-state index in [4.69, 9.17) is 0 Å². The Morgan fingerprint density at radius 1 is 1.22 bits per heavy atom. The molecule has 6 nitrogen and oxygen atoms in total. The van der Waals surface area contributed by atoms with E-state index < -0.39 is 0 Å². The molecule has 0 bridgehead atoms. The van der Waals surface area contributed by atoms with Crippen LogP contribution in [0.5, 0.6) is 0 Å². The molecule has 0 aliphatic heterocycles. The minimum absolute atomic E-state index is 0.209. The van der Waals surface area contributed by atoms with Crippen LogP contribution in [0.25, 0.3) is 10.2 Å². The van der Waals surface area contributed by atoms with Crippen molar-refractivity contribution in [2.45, 2.75) is 34.2 Å². The van der Waals surface area contributed by atoms with Crippen LogP contribution in [-0.4, -0.2) is 26.1 Å². The molecule has 0 aromatic carbocycles. The fourth-order valence-electron chi connectivity index (χ4n) is 2.65. The van der Waals surface area contributed by atoms with Gasteiger partial charge in [0.15, 0.2) is 0 Å². The van der Waals surface area contributed by atoms with Gasteiger partial charge in [0.05, 0.1) is 5.39 Å². The van der Waals surface area contributed by atoms with Gasteiger partial charge in [-0.1, -0.05) is 0 Å². The third kappa shape index (κ3) is 2.96. The molecule has 1 N–H and O–H groups in total. The fraction of sp³-hybridized carbons (Fsp3) is 0.375. The molecule has 0 saturated heterocycles. The van der Waals surface area contributed by atoms with Gasteiger partial charge in [-0.2, -0.15) is 4.98 Å². The summed E-state index contributed by atoms with van der Waals surface area (Å²) in [6.45, 7) is 9.08. The number of hydrogen-bond donors (Lipinski definition) is 1. The lowest BCUT2D eigenvalue weighted by molar-refractivity contribution is 0.647. The Morgan fingerprint density at radius 2 is 2.00 bits per heavy atom. The monoisotopic (exact) mass is 329 g/mol. The van der Waals surface area contributed by atoms with Gasteiger partial charge in [0.2, 0.25) is 0 Å². The molecule has 7 heteroatoms. The Hall–Kier alpha value is -2.28. The lowest BCUT2D eigenvalue weighted by Gasteiger charge is -2.11. The van der Waals surface area contributed by atoms with Gasteiger partial charge in [-0.3, -0.25) is 4.57 Å². The van der Waals surface area contributed by atoms with Crippen LogP contribution >= 0.6 is 11.3 Å². The van der Waals surface area contributed by atoms with Crippen LogP contribution in [0, 0.1) is 27.7 Å². The van der Waals surface area contributed by atoms with Gasteiger partial charge in [-0.25, -0.2) is 14.8 Å². The Bertz CT molecular complexity index is 928. The Kier molecular flexibility index (Phi) is 4.12. The number of rotatable bonds is 4. The van der Waals surface area contributed by atoms with E-state index in [2.05, 4.69) is 34.1 Å². The van der Waals surface area contributed by atoms with Crippen molar-refractivity contribution in [3.8, 4) is 0 Å². The highest BCUT2D eigenvalue weighted by atomic mass is 32.1. The van der Waals surface area contributed by atoms with Crippen molar-refractivity contribution in [1.29, 1.82) is 0 Å². The van der Waals surface area contributed by atoms with Crippen LogP contribution in [0.15, 0.2) is 17.2 Å². The maximum absolute atomic E-state index is 12.0. The number of nitrogens with zero attached hydrogens (tertiary/aromatic N) is 4. The second kappa shape index (κ2) is 6.08. The molecule has 0 aliphatic rings. The Labute approximate surface area is 138 Å². The number of nitrogens with one attached hydrogen (secondary N) is 1. The van der Waals surface area contributed by atoms with E-state index in [1.165, 1.54) is 10.4 Å². The summed E-state index contributed by atoms with van der Waals surface area (Å²) in [6, 6.07) is 1.91. The average Bonchev–Trinajstić information content (AvgIpc) is 2.77. The predicted molar refractivity (Wildman–Crippen MR) is 93.3 cm³/mol. The van der Waals surface area contributed by atoms with E-state index in [0.29, 0.717) is 13.1 Å². The minimum atomic E-state index is -0.209. The van der Waals surface area contributed by atoms with Crippen LogP contribution in [0.2, 0.25) is 0 Å². The van der Waals surface area contributed by atoms with Crippen LogP contribution < -0.4 is 11.0 Å². The second-order valence-corrected chi connectivity index (χ2v) is 6.79. The van der Waals surface area contributed by atoms with E-state index in [9.17, 15) is 4.79 Å². The zero-order chi connectivity index (χ0) is 16.6. The summed E-state index contributed by atoms with van der Waals surface area (Å²) in [5.74, 6) is 0.822. The maximum atomic E-state index is 12.0. The van der Waals surface area contributed by atoms with E-state index in [1.54, 1.807) is 22.2 Å². The van der Waals surface area contributed by atoms with Gasteiger partial charge in [-0.05, 0) is 39.3 Å². The maximum Gasteiger partial charge on any atom is 0.348 e. The first kappa shape index (κ1) is 15.6. The molecule has 23 heavy (non-hydrogen) atoms. The zero-order valence-corrected chi connectivity index (χ0v) is 14.5. The molecule has 0 atom stereocenters. The number of fused-ring (bicyclic) bond motifs is 1. The van der Waals surface area contributed by atoms with Crippen molar-refractivity contribution >= 4 is 27.4 Å². The second-order valence-electron chi connectivity index (χ2n) is 5.59. The highest BCUT2D eigenvalue weighted by Crippen LogP contribution is 2.32. The molecular formula is C16H19N5OS. The van der Waals surface area contributed by atoms with E-state index in [1.807, 2.05) is 19.9 Å². The molecule has 0 radical (unpaired) electrons. The van der Waals surface area contributed by atoms with Crippen LogP contribution in [-0.2, 0) is 6.54 Å². The normalized spacial score (nSPS) is 11.1. The first-order chi connectivity index (χ1) is 11.0. The highest BCUT2D eigenvalue weighted by molar-refractivity contribution is 7.18. The number of hydrogen-bond acceptors (Lipinski definition) is 6. The number of aryl methyl sites for hydroxylation is 4. The molecule has 3 rings (SSSR count). The molecule has 0 spiro atoms. The lowest BCUT2D eigenvalue weighted by atomic mass is 10.2. The van der Waals surface area contributed by atoms with Crippen molar-refractivity contribution in [1.82, 2.24) is 19.5 Å². The van der Waals surface area contributed by atoms with Crippen molar-refractivity contribution in [2.24, 2.45) is 0 Å². The molecule has 0 saturated carbocycles. The molecule has 3 aromatic heterocycles. The first-order valence-corrected chi connectivity index (χ1v) is 8.28. The molecule has 3 aromatic rings. The van der Waals surface area contributed by atoms with Crippen molar-refractivity contribution in [3.05, 3.63) is 44.7 Å². The van der Waals surface area contributed by atoms with Gasteiger partial charge < -0.3 is 5.32 Å². The third-order valence-corrected chi connectivity index (χ3v) is 5.05. The molecule has 3 heterocycles. The SMILES string of the molecule is Cc1cc(C)n(CCNc2ncnc3sc(C)c(C)c23)c(=O)n1. The summed E-state index contributed by atoms with van der Waals surface area (Å²) >= 11 is 1.67. The third-order valence-electron chi connectivity index (χ3n) is 3.94. The zero-order valence-electron chi connectivity index (χ0n) is 13.7. The molecule has 0 aliphatic carbocycles. The summed E-state index contributed by atoms with van der Waals surface area (Å²) in [7, 11) is 0. The summed E-state index contributed by atoms with van der Waals surface area (Å²) in [4.78, 5) is 26.9. The molecule has 0 amide bonds. The fourth-order valence-corrected chi connectivity index (χ4v) is 3.65. The van der Waals surface area contributed by atoms with E-state index in [-0.39, 0.29) is 5.69 Å². The largest absolute Gasteiger partial charge is 0.368 e. The van der Waals surface area contributed by atoms with Crippen molar-refractivity contribution in [3.63, 3.8) is 0 Å².